The van der Waals surface area contributed by atoms with Gasteiger partial charge in [-0.25, -0.2) is 0 Å². The Hall–Kier alpha value is -1.06. The minimum atomic E-state index is 0.216. The van der Waals surface area contributed by atoms with Gasteiger partial charge in [-0.3, -0.25) is 0 Å². The summed E-state index contributed by atoms with van der Waals surface area (Å²) in [6.07, 6.45) is 2.18. The maximum Gasteiger partial charge on any atom is 0.0555 e. The second kappa shape index (κ2) is 5.14. The predicted octanol–water partition coefficient (Wildman–Crippen LogP) is 0.779. The van der Waals surface area contributed by atoms with Gasteiger partial charge >= 0.3 is 0 Å². The Bertz CT molecular complexity index is 325. The molecule has 0 saturated carbocycles. The zero-order valence-corrected chi connectivity index (χ0v) is 8.92. The summed E-state index contributed by atoms with van der Waals surface area (Å²) >= 11 is 0. The van der Waals surface area contributed by atoms with Gasteiger partial charge in [-0.05, 0) is 36.6 Å². The van der Waals surface area contributed by atoms with Crippen LogP contribution in [0.5, 0.6) is 0 Å². The largest absolute Gasteiger partial charge is 0.395 e. The maximum absolute atomic E-state index is 8.62. The molecule has 0 fully saturated rings. The zero-order chi connectivity index (χ0) is 10.5. The van der Waals surface area contributed by atoms with E-state index >= 15 is 0 Å². The second-order valence-electron chi connectivity index (χ2n) is 3.89. The van der Waals surface area contributed by atoms with Crippen LogP contribution in [-0.2, 0) is 12.8 Å². The number of aliphatic hydroxyl groups is 1. The first kappa shape index (κ1) is 10.5. The van der Waals surface area contributed by atoms with Gasteiger partial charge in [-0.15, -0.1) is 0 Å². The predicted molar refractivity (Wildman–Crippen MR) is 62.3 cm³/mol. The average molecular weight is 206 g/mol. The molecule has 0 spiro atoms. The Morgan fingerprint density at radius 2 is 2.27 bits per heavy atom. The lowest BCUT2D eigenvalue weighted by Gasteiger charge is -2.05. The van der Waals surface area contributed by atoms with E-state index in [1.54, 1.807) is 0 Å². The molecule has 1 aromatic rings. The molecule has 0 amide bonds. The Labute approximate surface area is 90.5 Å². The van der Waals surface area contributed by atoms with Gasteiger partial charge in [0, 0.05) is 18.8 Å². The van der Waals surface area contributed by atoms with Crippen molar-refractivity contribution >= 4 is 5.69 Å². The molecule has 1 aliphatic rings. The first-order chi connectivity index (χ1) is 7.40. The lowest BCUT2D eigenvalue weighted by molar-refractivity contribution is 0.293. The molecule has 0 atom stereocenters. The van der Waals surface area contributed by atoms with Crippen molar-refractivity contribution in [2.75, 3.05) is 31.6 Å². The van der Waals surface area contributed by atoms with Crippen molar-refractivity contribution in [2.24, 2.45) is 0 Å². The molecule has 3 nitrogen and oxygen atoms in total. The van der Waals surface area contributed by atoms with Crippen molar-refractivity contribution in [1.29, 1.82) is 0 Å². The summed E-state index contributed by atoms with van der Waals surface area (Å²) in [4.78, 5) is 0. The molecule has 2 rings (SSSR count). The van der Waals surface area contributed by atoms with Crippen LogP contribution in [-0.4, -0.2) is 31.3 Å². The third-order valence-corrected chi connectivity index (χ3v) is 2.76. The van der Waals surface area contributed by atoms with Crippen LogP contribution in [0.15, 0.2) is 18.2 Å². The molecule has 0 unspecified atom stereocenters. The van der Waals surface area contributed by atoms with Crippen LogP contribution in [0.1, 0.15) is 11.1 Å². The van der Waals surface area contributed by atoms with Crippen molar-refractivity contribution in [3.8, 4) is 0 Å². The van der Waals surface area contributed by atoms with E-state index in [4.69, 9.17) is 5.11 Å². The lowest BCUT2D eigenvalue weighted by atomic mass is 10.1. The summed E-state index contributed by atoms with van der Waals surface area (Å²) in [5, 5.41) is 15.2. The van der Waals surface area contributed by atoms with Crippen LogP contribution >= 0.6 is 0 Å². The van der Waals surface area contributed by atoms with Crippen LogP contribution in [0.25, 0.3) is 0 Å². The number of nitrogens with one attached hydrogen (secondary N) is 2. The van der Waals surface area contributed by atoms with Gasteiger partial charge in [0.15, 0.2) is 0 Å². The fraction of sp³-hybridized carbons (Fsp3) is 0.500. The van der Waals surface area contributed by atoms with Gasteiger partial charge in [0.25, 0.3) is 0 Å². The molecule has 0 bridgehead atoms. The quantitative estimate of drug-likeness (QED) is 0.624. The summed E-state index contributed by atoms with van der Waals surface area (Å²) < 4.78 is 0. The molecule has 0 saturated heterocycles. The molecule has 3 heteroatoms. The van der Waals surface area contributed by atoms with Gasteiger partial charge < -0.3 is 15.7 Å². The Morgan fingerprint density at radius 1 is 1.33 bits per heavy atom. The van der Waals surface area contributed by atoms with Gasteiger partial charge in [-0.2, -0.15) is 0 Å². The first-order valence-corrected chi connectivity index (χ1v) is 5.57. The van der Waals surface area contributed by atoms with E-state index < -0.39 is 0 Å². The third kappa shape index (κ3) is 2.70. The molecule has 3 N–H and O–H groups in total. The lowest BCUT2D eigenvalue weighted by Crippen LogP contribution is -2.20. The molecule has 0 aliphatic carbocycles. The molecular formula is C12H18N2O. The van der Waals surface area contributed by atoms with E-state index in [1.165, 1.54) is 16.8 Å². The Balaban J connectivity index is 1.87. The van der Waals surface area contributed by atoms with Crippen LogP contribution in [0.3, 0.4) is 0 Å². The normalized spacial score (nSPS) is 13.7. The van der Waals surface area contributed by atoms with Crippen molar-refractivity contribution in [3.05, 3.63) is 29.3 Å². The number of rotatable bonds is 5. The number of aliphatic hydroxyl groups excluding tert-OH is 1. The van der Waals surface area contributed by atoms with Crippen LogP contribution < -0.4 is 10.6 Å². The molecule has 0 radical (unpaired) electrons. The van der Waals surface area contributed by atoms with Gasteiger partial charge in [0.1, 0.15) is 0 Å². The summed E-state index contributed by atoms with van der Waals surface area (Å²) in [5.74, 6) is 0. The van der Waals surface area contributed by atoms with Gasteiger partial charge in [-0.1, -0.05) is 12.1 Å². The molecule has 1 aliphatic heterocycles. The number of hydrogen-bond acceptors (Lipinski definition) is 3. The summed E-state index contributed by atoms with van der Waals surface area (Å²) in [7, 11) is 0. The highest BCUT2D eigenvalue weighted by Gasteiger charge is 2.09. The number of anilines is 1. The third-order valence-electron chi connectivity index (χ3n) is 2.76. The fourth-order valence-electron chi connectivity index (χ4n) is 1.95. The first-order valence-electron chi connectivity index (χ1n) is 5.57. The topological polar surface area (TPSA) is 44.3 Å². The minimum Gasteiger partial charge on any atom is -0.395 e. The van der Waals surface area contributed by atoms with Crippen LogP contribution in [0.2, 0.25) is 0 Å². The van der Waals surface area contributed by atoms with Crippen molar-refractivity contribution in [1.82, 2.24) is 5.32 Å². The maximum atomic E-state index is 8.62. The monoisotopic (exact) mass is 206 g/mol. The summed E-state index contributed by atoms with van der Waals surface area (Å²) in [6, 6.07) is 6.64. The van der Waals surface area contributed by atoms with E-state index in [9.17, 15) is 0 Å². The molecule has 82 valence electrons. The van der Waals surface area contributed by atoms with Crippen LogP contribution in [0, 0.1) is 0 Å². The van der Waals surface area contributed by atoms with E-state index in [0.29, 0.717) is 6.54 Å². The van der Waals surface area contributed by atoms with Gasteiger partial charge in [0.2, 0.25) is 0 Å². The number of fused-ring (bicyclic) bond motifs is 1. The molecule has 0 aromatic heterocycles. The Morgan fingerprint density at radius 3 is 3.13 bits per heavy atom. The highest BCUT2D eigenvalue weighted by molar-refractivity contribution is 5.56. The number of hydrogen-bond donors (Lipinski definition) is 3. The van der Waals surface area contributed by atoms with Crippen molar-refractivity contribution < 1.29 is 5.11 Å². The highest BCUT2D eigenvalue weighted by atomic mass is 16.3. The molecular weight excluding hydrogens is 188 g/mol. The SMILES string of the molecule is OCCNCCc1ccc2c(c1)CCN2. The number of benzene rings is 1. The fourth-order valence-corrected chi connectivity index (χ4v) is 1.95. The standard InChI is InChI=1S/C12H18N2O/c15-8-7-13-5-3-10-1-2-12-11(9-10)4-6-14-12/h1-2,9,13-15H,3-8H2. The molecule has 1 aromatic carbocycles. The van der Waals surface area contributed by atoms with Crippen molar-refractivity contribution in [2.45, 2.75) is 12.8 Å². The zero-order valence-electron chi connectivity index (χ0n) is 8.92. The minimum absolute atomic E-state index is 0.216. The smallest absolute Gasteiger partial charge is 0.0555 e. The van der Waals surface area contributed by atoms with E-state index in [1.807, 2.05) is 0 Å². The summed E-state index contributed by atoms with van der Waals surface area (Å²) in [5.41, 5.74) is 4.11. The Kier molecular flexibility index (Phi) is 3.59. The van der Waals surface area contributed by atoms with Crippen LogP contribution in [0.4, 0.5) is 5.69 Å². The average Bonchev–Trinajstić information content (AvgIpc) is 2.71. The van der Waals surface area contributed by atoms with Crippen molar-refractivity contribution in [3.63, 3.8) is 0 Å². The van der Waals surface area contributed by atoms with E-state index in [0.717, 1.165) is 25.9 Å². The molecule has 1 heterocycles. The molecule has 15 heavy (non-hydrogen) atoms. The van der Waals surface area contributed by atoms with E-state index in [2.05, 4.69) is 28.8 Å². The second-order valence-corrected chi connectivity index (χ2v) is 3.89. The van der Waals surface area contributed by atoms with Gasteiger partial charge in [0.05, 0.1) is 6.61 Å². The van der Waals surface area contributed by atoms with E-state index in [-0.39, 0.29) is 6.61 Å². The highest BCUT2D eigenvalue weighted by Crippen LogP contribution is 2.22. The summed E-state index contributed by atoms with van der Waals surface area (Å²) in [6.45, 7) is 2.91.